The molecule has 1 amide bonds. The predicted octanol–water partition coefficient (Wildman–Crippen LogP) is 4.34. The lowest BCUT2D eigenvalue weighted by Crippen LogP contribution is -2.47. The van der Waals surface area contributed by atoms with Crippen LogP contribution >= 0.6 is 0 Å². The molecule has 3 heteroatoms. The molecule has 0 aromatic rings. The summed E-state index contributed by atoms with van der Waals surface area (Å²) in [5, 5.41) is 3.02. The first-order valence-corrected chi connectivity index (χ1v) is 7.58. The van der Waals surface area contributed by atoms with Gasteiger partial charge >= 0.3 is 6.09 Å². The van der Waals surface area contributed by atoms with Crippen molar-refractivity contribution in [3.8, 4) is 0 Å². The second-order valence-electron chi connectivity index (χ2n) is 7.26. The van der Waals surface area contributed by atoms with Crippen molar-refractivity contribution in [2.45, 2.75) is 71.4 Å². The molecular formula is C17H30NO2. The molecule has 20 heavy (non-hydrogen) atoms. The van der Waals surface area contributed by atoms with E-state index in [-0.39, 0.29) is 29.1 Å². The summed E-state index contributed by atoms with van der Waals surface area (Å²) >= 11 is 0. The third-order valence-electron chi connectivity index (χ3n) is 4.29. The van der Waals surface area contributed by atoms with Gasteiger partial charge in [0.15, 0.2) is 0 Å². The van der Waals surface area contributed by atoms with Crippen molar-refractivity contribution in [1.82, 2.24) is 5.32 Å². The van der Waals surface area contributed by atoms with E-state index in [0.29, 0.717) is 12.8 Å². The molecule has 1 aliphatic carbocycles. The maximum absolute atomic E-state index is 11.9. The SMILES string of the molecule is [CH2]CC(C[CH2])OC(=O)NC1CC(C)(C)CC(C)(C[CH2])C1. The van der Waals surface area contributed by atoms with Gasteiger partial charge in [0.2, 0.25) is 0 Å². The molecule has 1 N–H and O–H groups in total. The minimum Gasteiger partial charge on any atom is -0.446 e. The number of carbonyl (C=O) groups excluding carboxylic acids is 1. The molecule has 1 fully saturated rings. The Kier molecular flexibility index (Phi) is 5.91. The Morgan fingerprint density at radius 1 is 1.25 bits per heavy atom. The molecule has 0 aromatic carbocycles. The van der Waals surface area contributed by atoms with E-state index in [1.54, 1.807) is 0 Å². The molecule has 0 heterocycles. The zero-order valence-electron chi connectivity index (χ0n) is 13.3. The maximum Gasteiger partial charge on any atom is 0.407 e. The van der Waals surface area contributed by atoms with Crippen LogP contribution in [0.3, 0.4) is 0 Å². The maximum atomic E-state index is 11.9. The average Bonchev–Trinajstić information content (AvgIpc) is 2.33. The number of carbonyl (C=O) groups is 1. The highest BCUT2D eigenvalue weighted by Crippen LogP contribution is 2.47. The molecule has 0 bridgehead atoms. The second-order valence-corrected chi connectivity index (χ2v) is 7.26. The third-order valence-corrected chi connectivity index (χ3v) is 4.29. The van der Waals surface area contributed by atoms with Crippen LogP contribution in [0.1, 0.15) is 59.3 Å². The molecule has 115 valence electrons. The lowest BCUT2D eigenvalue weighted by molar-refractivity contribution is 0.0577. The van der Waals surface area contributed by atoms with Crippen molar-refractivity contribution >= 4 is 6.09 Å². The number of alkyl carbamates (subject to hydrolysis) is 1. The van der Waals surface area contributed by atoms with Gasteiger partial charge in [-0.3, -0.25) is 0 Å². The monoisotopic (exact) mass is 280 g/mol. The van der Waals surface area contributed by atoms with Crippen LogP contribution in [0.4, 0.5) is 4.79 Å². The van der Waals surface area contributed by atoms with E-state index in [4.69, 9.17) is 4.74 Å². The van der Waals surface area contributed by atoms with Crippen LogP contribution in [0.25, 0.3) is 0 Å². The van der Waals surface area contributed by atoms with Gasteiger partial charge in [-0.15, -0.1) is 0 Å². The van der Waals surface area contributed by atoms with Crippen molar-refractivity contribution in [2.24, 2.45) is 10.8 Å². The molecule has 0 aromatic heterocycles. The Morgan fingerprint density at radius 2 is 1.85 bits per heavy atom. The zero-order chi connectivity index (χ0) is 15.4. The van der Waals surface area contributed by atoms with Crippen molar-refractivity contribution in [2.75, 3.05) is 0 Å². The Balaban J connectivity index is 2.60. The van der Waals surface area contributed by atoms with Crippen molar-refractivity contribution in [3.05, 3.63) is 20.8 Å². The highest BCUT2D eigenvalue weighted by Gasteiger charge is 2.40. The van der Waals surface area contributed by atoms with E-state index in [2.05, 4.69) is 46.9 Å². The van der Waals surface area contributed by atoms with Crippen molar-refractivity contribution in [3.63, 3.8) is 0 Å². The highest BCUT2D eigenvalue weighted by atomic mass is 16.6. The van der Waals surface area contributed by atoms with E-state index in [9.17, 15) is 4.79 Å². The van der Waals surface area contributed by atoms with Gasteiger partial charge in [0.1, 0.15) is 6.10 Å². The van der Waals surface area contributed by atoms with Gasteiger partial charge < -0.3 is 10.1 Å². The number of nitrogens with one attached hydrogen (secondary N) is 1. The first kappa shape index (κ1) is 17.3. The summed E-state index contributed by atoms with van der Waals surface area (Å²) < 4.78 is 5.33. The molecule has 1 saturated carbocycles. The van der Waals surface area contributed by atoms with Crippen LogP contribution in [0.5, 0.6) is 0 Å². The van der Waals surface area contributed by atoms with Gasteiger partial charge in [-0.05, 0) is 63.2 Å². The molecule has 2 unspecified atom stereocenters. The molecule has 1 rings (SSSR count). The van der Waals surface area contributed by atoms with E-state index in [0.717, 1.165) is 25.7 Å². The molecule has 1 aliphatic rings. The van der Waals surface area contributed by atoms with Gasteiger partial charge in [0, 0.05) is 6.04 Å². The van der Waals surface area contributed by atoms with Crippen LogP contribution in [-0.4, -0.2) is 18.2 Å². The first-order valence-electron chi connectivity index (χ1n) is 7.58. The zero-order valence-corrected chi connectivity index (χ0v) is 13.3. The Hall–Kier alpha value is -0.730. The standard InChI is InChI=1S/C17H30NO2/c1-7-14(8-2)20-15(19)18-13-10-16(4,5)12-17(6,9-3)11-13/h13-14H,1-3,7-12H2,4-6H3,(H,18,19). The largest absolute Gasteiger partial charge is 0.446 e. The molecule has 3 nitrogen and oxygen atoms in total. The van der Waals surface area contributed by atoms with Crippen molar-refractivity contribution < 1.29 is 9.53 Å². The number of ether oxygens (including phenoxy) is 1. The fraction of sp³-hybridized carbons (Fsp3) is 0.765. The first-order chi connectivity index (χ1) is 9.23. The smallest absolute Gasteiger partial charge is 0.407 e. The number of amides is 1. The van der Waals surface area contributed by atoms with Crippen LogP contribution in [0.15, 0.2) is 0 Å². The molecule has 2 atom stereocenters. The van der Waals surface area contributed by atoms with E-state index in [1.807, 2.05) is 0 Å². The van der Waals surface area contributed by atoms with Crippen LogP contribution in [0.2, 0.25) is 0 Å². The quantitative estimate of drug-likeness (QED) is 0.813. The summed E-state index contributed by atoms with van der Waals surface area (Å²) in [6.45, 7) is 18.4. The van der Waals surface area contributed by atoms with E-state index >= 15 is 0 Å². The van der Waals surface area contributed by atoms with Gasteiger partial charge in [-0.1, -0.05) is 27.7 Å². The molecular weight excluding hydrogens is 250 g/mol. The molecule has 0 spiro atoms. The van der Waals surface area contributed by atoms with Gasteiger partial charge in [0.25, 0.3) is 0 Å². The Morgan fingerprint density at radius 3 is 2.35 bits per heavy atom. The predicted molar refractivity (Wildman–Crippen MR) is 82.9 cm³/mol. The van der Waals surface area contributed by atoms with Gasteiger partial charge in [-0.2, -0.15) is 0 Å². The van der Waals surface area contributed by atoms with Gasteiger partial charge in [-0.25, -0.2) is 4.79 Å². The van der Waals surface area contributed by atoms with Gasteiger partial charge in [0.05, 0.1) is 0 Å². The summed E-state index contributed by atoms with van der Waals surface area (Å²) in [5.74, 6) is 0. The summed E-state index contributed by atoms with van der Waals surface area (Å²) in [6.07, 6.45) is 4.59. The summed E-state index contributed by atoms with van der Waals surface area (Å²) in [4.78, 5) is 11.9. The van der Waals surface area contributed by atoms with E-state index in [1.165, 1.54) is 0 Å². The Bertz CT molecular complexity index is 323. The molecule has 0 aliphatic heterocycles. The fourth-order valence-electron chi connectivity index (χ4n) is 3.54. The third kappa shape index (κ3) is 4.99. The number of hydrogen-bond acceptors (Lipinski definition) is 2. The van der Waals surface area contributed by atoms with Crippen LogP contribution in [0, 0.1) is 31.6 Å². The summed E-state index contributed by atoms with van der Waals surface area (Å²) in [7, 11) is 0. The Labute approximate surface area is 124 Å². The number of hydrogen-bond donors (Lipinski definition) is 1. The number of rotatable bonds is 5. The topological polar surface area (TPSA) is 38.3 Å². The average molecular weight is 280 g/mol. The molecule has 0 saturated heterocycles. The lowest BCUT2D eigenvalue weighted by Gasteiger charge is -2.46. The molecule has 3 radical (unpaired) electrons. The second kappa shape index (κ2) is 6.82. The summed E-state index contributed by atoms with van der Waals surface area (Å²) in [6, 6.07) is 0.160. The minimum absolute atomic E-state index is 0.160. The van der Waals surface area contributed by atoms with E-state index < -0.39 is 0 Å². The fourth-order valence-corrected chi connectivity index (χ4v) is 3.54. The normalized spacial score (nSPS) is 29.2. The van der Waals surface area contributed by atoms with Crippen molar-refractivity contribution in [1.29, 1.82) is 0 Å². The highest BCUT2D eigenvalue weighted by molar-refractivity contribution is 5.67. The van der Waals surface area contributed by atoms with Crippen LogP contribution in [-0.2, 0) is 4.74 Å². The lowest BCUT2D eigenvalue weighted by atomic mass is 9.62. The summed E-state index contributed by atoms with van der Waals surface area (Å²) in [5.41, 5.74) is 0.415. The minimum atomic E-state index is -0.337. The van der Waals surface area contributed by atoms with Crippen LogP contribution < -0.4 is 5.32 Å².